The maximum atomic E-state index is 5.45. The number of thiophene rings is 1. The van der Waals surface area contributed by atoms with E-state index in [1.807, 2.05) is 11.8 Å². The molecule has 1 fully saturated rings. The van der Waals surface area contributed by atoms with Gasteiger partial charge in [-0.05, 0) is 19.4 Å². The number of nitrogens with one attached hydrogen (secondary N) is 1. The zero-order valence-electron chi connectivity index (χ0n) is 16.5. The Morgan fingerprint density at radius 1 is 1.19 bits per heavy atom. The van der Waals surface area contributed by atoms with Crippen LogP contribution < -0.4 is 5.32 Å². The standard InChI is InChI=1S/C19H30N4OS2/c1-13-14(2)26-18-16(13)17(20-6-11-25-19(3,4)5)21-15(22-18)12-23-7-9-24-10-8-23/h6-12H2,1-5H3,(H,20,21,22). The molecule has 1 aliphatic heterocycles. The van der Waals surface area contributed by atoms with Crippen molar-refractivity contribution in [1.82, 2.24) is 14.9 Å². The summed E-state index contributed by atoms with van der Waals surface area (Å²) in [5.41, 5.74) is 1.30. The van der Waals surface area contributed by atoms with Gasteiger partial charge in [-0.3, -0.25) is 4.90 Å². The van der Waals surface area contributed by atoms with E-state index in [9.17, 15) is 0 Å². The molecule has 1 aliphatic rings. The lowest BCUT2D eigenvalue weighted by molar-refractivity contribution is 0.0331. The summed E-state index contributed by atoms with van der Waals surface area (Å²) in [7, 11) is 0. The molecule has 0 atom stereocenters. The molecule has 1 N–H and O–H groups in total. The molecule has 0 amide bonds. The van der Waals surface area contributed by atoms with Gasteiger partial charge in [-0.2, -0.15) is 11.8 Å². The van der Waals surface area contributed by atoms with Crippen LogP contribution in [0, 0.1) is 13.8 Å². The van der Waals surface area contributed by atoms with Crippen molar-refractivity contribution in [2.24, 2.45) is 0 Å². The summed E-state index contributed by atoms with van der Waals surface area (Å²) in [4.78, 5) is 14.6. The number of fused-ring (bicyclic) bond motifs is 1. The van der Waals surface area contributed by atoms with Crippen molar-refractivity contribution in [3.05, 3.63) is 16.3 Å². The number of hydrogen-bond donors (Lipinski definition) is 1. The van der Waals surface area contributed by atoms with Crippen molar-refractivity contribution in [3.8, 4) is 0 Å². The molecule has 0 spiro atoms. The lowest BCUT2D eigenvalue weighted by atomic mass is 10.2. The molecule has 0 radical (unpaired) electrons. The van der Waals surface area contributed by atoms with Crippen molar-refractivity contribution in [3.63, 3.8) is 0 Å². The molecule has 5 nitrogen and oxygen atoms in total. The first-order valence-corrected chi connectivity index (χ1v) is 11.1. The summed E-state index contributed by atoms with van der Waals surface area (Å²) < 4.78 is 5.74. The Morgan fingerprint density at radius 3 is 2.62 bits per heavy atom. The molecule has 1 saturated heterocycles. The maximum Gasteiger partial charge on any atom is 0.146 e. The molecule has 0 bridgehead atoms. The van der Waals surface area contributed by atoms with E-state index in [1.165, 1.54) is 15.8 Å². The minimum Gasteiger partial charge on any atom is -0.379 e. The first-order chi connectivity index (χ1) is 12.3. The molecular formula is C19H30N4OS2. The molecule has 0 saturated carbocycles. The molecule has 7 heteroatoms. The summed E-state index contributed by atoms with van der Waals surface area (Å²) in [5.74, 6) is 2.97. The summed E-state index contributed by atoms with van der Waals surface area (Å²) in [6, 6.07) is 0. The second-order valence-corrected chi connectivity index (χ2v) is 10.9. The summed E-state index contributed by atoms with van der Waals surface area (Å²) >= 11 is 3.75. The fourth-order valence-corrected chi connectivity index (χ4v) is 4.84. The van der Waals surface area contributed by atoms with E-state index < -0.39 is 0 Å². The number of nitrogens with zero attached hydrogens (tertiary/aromatic N) is 3. The van der Waals surface area contributed by atoms with Gasteiger partial charge in [-0.25, -0.2) is 9.97 Å². The predicted molar refractivity (Wildman–Crippen MR) is 114 cm³/mol. The third-order valence-electron chi connectivity index (χ3n) is 4.47. The molecule has 0 aromatic carbocycles. The van der Waals surface area contributed by atoms with Gasteiger partial charge >= 0.3 is 0 Å². The van der Waals surface area contributed by atoms with Crippen molar-refractivity contribution >= 4 is 39.1 Å². The summed E-state index contributed by atoms with van der Waals surface area (Å²) in [6.45, 7) is 16.3. The van der Waals surface area contributed by atoms with Crippen LogP contribution in [-0.2, 0) is 11.3 Å². The number of aromatic nitrogens is 2. The maximum absolute atomic E-state index is 5.45. The van der Waals surface area contributed by atoms with Gasteiger partial charge in [-0.15, -0.1) is 11.3 Å². The highest BCUT2D eigenvalue weighted by Crippen LogP contribution is 2.33. The molecule has 3 rings (SSSR count). The summed E-state index contributed by atoms with van der Waals surface area (Å²) in [6.07, 6.45) is 0. The number of thioether (sulfide) groups is 1. The molecule has 144 valence electrons. The zero-order valence-corrected chi connectivity index (χ0v) is 18.1. The first-order valence-electron chi connectivity index (χ1n) is 9.28. The van der Waals surface area contributed by atoms with E-state index in [1.54, 1.807) is 11.3 Å². The van der Waals surface area contributed by atoms with E-state index in [4.69, 9.17) is 14.7 Å². The Morgan fingerprint density at radius 2 is 1.92 bits per heavy atom. The first kappa shape index (κ1) is 19.9. The second-order valence-electron chi connectivity index (χ2n) is 7.73. The van der Waals surface area contributed by atoms with Crippen LogP contribution in [0.1, 0.15) is 37.0 Å². The third-order valence-corrected chi connectivity index (χ3v) is 6.85. The summed E-state index contributed by atoms with van der Waals surface area (Å²) in [5, 5.41) is 4.78. The Kier molecular flexibility index (Phi) is 6.43. The predicted octanol–water partition coefficient (Wildman–Crippen LogP) is 4.08. The second kappa shape index (κ2) is 8.42. The molecule has 3 heterocycles. The number of ether oxygens (including phenoxy) is 1. The molecule has 0 aliphatic carbocycles. The minimum absolute atomic E-state index is 0.291. The topological polar surface area (TPSA) is 50.3 Å². The monoisotopic (exact) mass is 394 g/mol. The molecule has 2 aromatic rings. The number of hydrogen-bond acceptors (Lipinski definition) is 7. The van der Waals surface area contributed by atoms with E-state index in [0.29, 0.717) is 4.75 Å². The van der Waals surface area contributed by atoms with E-state index in [-0.39, 0.29) is 0 Å². The van der Waals surface area contributed by atoms with Crippen LogP contribution in [0.2, 0.25) is 0 Å². The Hall–Kier alpha value is -0.890. The van der Waals surface area contributed by atoms with E-state index >= 15 is 0 Å². The normalized spacial score (nSPS) is 16.3. The van der Waals surface area contributed by atoms with Gasteiger partial charge in [0.05, 0.1) is 25.1 Å². The SMILES string of the molecule is Cc1sc2nc(CN3CCOCC3)nc(NCCSC(C)(C)C)c2c1C. The van der Waals surface area contributed by atoms with E-state index in [0.717, 1.165) is 61.6 Å². The number of rotatable bonds is 6. The number of anilines is 1. The van der Waals surface area contributed by atoms with Crippen molar-refractivity contribution < 1.29 is 4.74 Å². The fraction of sp³-hybridized carbons (Fsp3) is 0.684. The Bertz CT molecular complexity index is 748. The molecule has 26 heavy (non-hydrogen) atoms. The highest BCUT2D eigenvalue weighted by atomic mass is 32.2. The smallest absolute Gasteiger partial charge is 0.146 e. The average Bonchev–Trinajstić information content (AvgIpc) is 2.86. The highest BCUT2D eigenvalue weighted by Gasteiger charge is 2.18. The fourth-order valence-electron chi connectivity index (χ4n) is 2.98. The van der Waals surface area contributed by atoms with Crippen LogP contribution in [0.5, 0.6) is 0 Å². The van der Waals surface area contributed by atoms with Gasteiger partial charge in [0.1, 0.15) is 16.5 Å². The highest BCUT2D eigenvalue weighted by molar-refractivity contribution is 8.00. The number of aryl methyl sites for hydroxylation is 2. The van der Waals surface area contributed by atoms with Gasteiger partial charge in [0, 0.05) is 35.0 Å². The average molecular weight is 395 g/mol. The largest absolute Gasteiger partial charge is 0.379 e. The molecular weight excluding hydrogens is 364 g/mol. The Balaban J connectivity index is 1.79. The van der Waals surface area contributed by atoms with Crippen LogP contribution in [0.15, 0.2) is 0 Å². The van der Waals surface area contributed by atoms with Crippen LogP contribution in [0.25, 0.3) is 10.2 Å². The minimum atomic E-state index is 0.291. The van der Waals surface area contributed by atoms with Crippen molar-refractivity contribution in [2.75, 3.05) is 43.9 Å². The quantitative estimate of drug-likeness (QED) is 0.745. The lowest BCUT2D eigenvalue weighted by Crippen LogP contribution is -2.36. The van der Waals surface area contributed by atoms with Crippen molar-refractivity contribution in [2.45, 2.75) is 45.9 Å². The van der Waals surface area contributed by atoms with E-state index in [2.05, 4.69) is 44.8 Å². The van der Waals surface area contributed by atoms with Gasteiger partial charge < -0.3 is 10.1 Å². The third kappa shape index (κ3) is 5.09. The van der Waals surface area contributed by atoms with Gasteiger partial charge in [0.2, 0.25) is 0 Å². The van der Waals surface area contributed by atoms with Gasteiger partial charge in [-0.1, -0.05) is 20.8 Å². The number of morpholine rings is 1. The van der Waals surface area contributed by atoms with Gasteiger partial charge in [0.15, 0.2) is 0 Å². The Labute approximate surface area is 164 Å². The van der Waals surface area contributed by atoms with Crippen LogP contribution in [-0.4, -0.2) is 58.2 Å². The molecule has 0 unspecified atom stereocenters. The lowest BCUT2D eigenvalue weighted by Gasteiger charge is -2.25. The van der Waals surface area contributed by atoms with Gasteiger partial charge in [0.25, 0.3) is 0 Å². The van der Waals surface area contributed by atoms with Crippen LogP contribution >= 0.6 is 23.1 Å². The van der Waals surface area contributed by atoms with Crippen LogP contribution in [0.3, 0.4) is 0 Å². The van der Waals surface area contributed by atoms with Crippen LogP contribution in [0.4, 0.5) is 5.82 Å². The van der Waals surface area contributed by atoms with Crippen molar-refractivity contribution in [1.29, 1.82) is 0 Å². The zero-order chi connectivity index (χ0) is 18.7. The molecule has 2 aromatic heterocycles.